The average Bonchev–Trinajstić information content (AvgIpc) is 3.81. The van der Waals surface area contributed by atoms with Crippen LogP contribution in [0.15, 0.2) is 84.9 Å². The van der Waals surface area contributed by atoms with E-state index in [-0.39, 0.29) is 18.5 Å². The van der Waals surface area contributed by atoms with Gasteiger partial charge in [0.15, 0.2) is 0 Å². The Balaban J connectivity index is 1.25. The lowest BCUT2D eigenvalue weighted by atomic mass is 9.65. The van der Waals surface area contributed by atoms with Crippen LogP contribution in [0.2, 0.25) is 0 Å². The third kappa shape index (κ3) is 4.60. The Morgan fingerprint density at radius 2 is 1.69 bits per heavy atom. The second kappa shape index (κ2) is 11.4. The summed E-state index contributed by atoms with van der Waals surface area (Å²) in [6.45, 7) is 1.89. The van der Waals surface area contributed by atoms with E-state index >= 15 is 0 Å². The fraction of sp³-hybridized carbons (Fsp3) is 0.382. The molecule has 3 N–H and O–H groups in total. The van der Waals surface area contributed by atoms with Gasteiger partial charge in [-0.2, -0.15) is 0 Å². The zero-order chi connectivity index (χ0) is 31.2. The largest absolute Gasteiger partial charge is 0.394 e. The molecule has 6 atom stereocenters. The summed E-state index contributed by atoms with van der Waals surface area (Å²) in [6, 6.07) is 24.3. The van der Waals surface area contributed by atoms with Gasteiger partial charge in [0.2, 0.25) is 17.7 Å². The normalized spacial score (nSPS) is 27.5. The molecule has 2 bridgehead atoms. The summed E-state index contributed by atoms with van der Waals surface area (Å²) in [7, 11) is 0. The first-order valence-corrected chi connectivity index (χ1v) is 15.5. The number of rotatable bonds is 10. The summed E-state index contributed by atoms with van der Waals surface area (Å²) >= 11 is 0. The molecule has 0 radical (unpaired) electrons. The van der Waals surface area contributed by atoms with Gasteiger partial charge in [-0.1, -0.05) is 84.9 Å². The van der Waals surface area contributed by atoms with E-state index in [1.54, 1.807) is 4.68 Å². The third-order valence-corrected chi connectivity index (χ3v) is 9.98. The number of carbonyl (C=O) groups is 3. The van der Waals surface area contributed by atoms with Crippen molar-refractivity contribution >= 4 is 28.8 Å². The van der Waals surface area contributed by atoms with Gasteiger partial charge in [-0.15, -0.1) is 5.10 Å². The van der Waals surface area contributed by atoms with E-state index in [2.05, 4.69) is 20.9 Å². The summed E-state index contributed by atoms with van der Waals surface area (Å²) in [5.41, 5.74) is 0.961. The molecule has 3 saturated heterocycles. The number of para-hydroxylation sites is 1. The van der Waals surface area contributed by atoms with Gasteiger partial charge >= 0.3 is 0 Å². The summed E-state index contributed by atoms with van der Waals surface area (Å²) in [5, 5.41) is 25.1. The maximum Gasteiger partial charge on any atom is 0.247 e. The first-order chi connectivity index (χ1) is 21.9. The average molecular weight is 609 g/mol. The van der Waals surface area contributed by atoms with E-state index in [1.807, 2.05) is 91.9 Å². The van der Waals surface area contributed by atoms with Gasteiger partial charge in [0.25, 0.3) is 0 Å². The monoisotopic (exact) mass is 608 g/mol. The fourth-order valence-corrected chi connectivity index (χ4v) is 7.90. The Kier molecular flexibility index (Phi) is 7.37. The molecule has 4 heterocycles. The molecule has 7 rings (SSSR count). The lowest BCUT2D eigenvalue weighted by molar-refractivity contribution is -0.151. The summed E-state index contributed by atoms with van der Waals surface area (Å²) in [4.78, 5) is 44.5. The number of likely N-dealkylation sites (tertiary alicyclic amines) is 1. The van der Waals surface area contributed by atoms with E-state index in [9.17, 15) is 19.5 Å². The van der Waals surface area contributed by atoms with Crippen molar-refractivity contribution in [3.8, 4) is 0 Å². The number of benzene rings is 3. The van der Waals surface area contributed by atoms with Crippen molar-refractivity contribution in [2.75, 3.05) is 6.61 Å². The van der Waals surface area contributed by atoms with Crippen LogP contribution >= 0.6 is 0 Å². The molecule has 3 aromatic carbocycles. The van der Waals surface area contributed by atoms with Crippen LogP contribution in [0.1, 0.15) is 43.4 Å². The Morgan fingerprint density at radius 1 is 0.978 bits per heavy atom. The zero-order valence-corrected chi connectivity index (χ0v) is 25.0. The van der Waals surface area contributed by atoms with Gasteiger partial charge in [-0.05, 0) is 42.5 Å². The lowest BCUT2D eigenvalue weighted by Gasteiger charge is -2.37. The minimum Gasteiger partial charge on any atom is -0.394 e. The van der Waals surface area contributed by atoms with Crippen LogP contribution < -0.4 is 10.6 Å². The highest BCUT2D eigenvalue weighted by Crippen LogP contribution is 2.65. The molecule has 232 valence electrons. The van der Waals surface area contributed by atoms with Crippen LogP contribution in [0.3, 0.4) is 0 Å². The highest BCUT2D eigenvalue weighted by atomic mass is 16.5. The standard InChI is InChI=1S/C34H36N6O5/c1-2-33-17-18-34(45-33)28(27(33)30(42)35-19-22-11-5-3-6-12-22)32(44)40(26(20-41)23-13-7-4-8-14-23)29(34)31(43)36-21-39-25-16-10-9-15-24(25)37-38-39/h3-16,26-29,41H,2,17-21H2,1H3,(H,35,42)(H,36,43)/t26-,27-,28+,29?,33+,34?/m1/s1. The zero-order valence-electron chi connectivity index (χ0n) is 25.0. The van der Waals surface area contributed by atoms with Crippen molar-refractivity contribution in [2.45, 2.75) is 62.7 Å². The SMILES string of the molecule is CC[C@@]12CCC3(O1)C(C(=O)NCn1nnc4ccccc41)N([C@H](CO)c1ccccc1)C(=O)[C@@H]3[C@@H]2C(=O)NCc1ccccc1. The van der Waals surface area contributed by atoms with Crippen LogP contribution in [0.4, 0.5) is 0 Å². The fourth-order valence-electron chi connectivity index (χ4n) is 7.90. The number of hydrogen-bond donors (Lipinski definition) is 3. The molecule has 3 aliphatic heterocycles. The Bertz CT molecular complexity index is 1730. The van der Waals surface area contributed by atoms with Crippen LogP contribution in [0.5, 0.6) is 0 Å². The molecule has 1 aromatic heterocycles. The first kappa shape index (κ1) is 29.1. The Hall–Kier alpha value is -4.61. The second-order valence-corrected chi connectivity index (χ2v) is 12.2. The van der Waals surface area contributed by atoms with Gasteiger partial charge in [0.1, 0.15) is 23.8 Å². The molecule has 3 aliphatic rings. The van der Waals surface area contributed by atoms with Crippen LogP contribution in [-0.4, -0.2) is 66.6 Å². The van der Waals surface area contributed by atoms with E-state index in [4.69, 9.17) is 4.74 Å². The maximum atomic E-state index is 14.7. The molecule has 1 spiro atoms. The van der Waals surface area contributed by atoms with Crippen LogP contribution in [0.25, 0.3) is 11.0 Å². The summed E-state index contributed by atoms with van der Waals surface area (Å²) < 4.78 is 8.47. The molecule has 2 unspecified atom stereocenters. The van der Waals surface area contributed by atoms with E-state index in [1.165, 1.54) is 4.90 Å². The van der Waals surface area contributed by atoms with Crippen molar-refractivity contribution in [1.29, 1.82) is 0 Å². The third-order valence-electron chi connectivity index (χ3n) is 9.98. The minimum atomic E-state index is -1.24. The summed E-state index contributed by atoms with van der Waals surface area (Å²) in [5.74, 6) is -2.74. The highest BCUT2D eigenvalue weighted by molar-refractivity contribution is 5.99. The smallest absolute Gasteiger partial charge is 0.247 e. The number of ether oxygens (including phenoxy) is 1. The number of amides is 3. The molecule has 3 fully saturated rings. The quantitative estimate of drug-likeness (QED) is 0.252. The Morgan fingerprint density at radius 3 is 2.42 bits per heavy atom. The van der Waals surface area contributed by atoms with Crippen LogP contribution in [0, 0.1) is 11.8 Å². The number of nitrogens with one attached hydrogen (secondary N) is 2. The highest BCUT2D eigenvalue weighted by Gasteiger charge is 2.79. The molecule has 45 heavy (non-hydrogen) atoms. The van der Waals surface area contributed by atoms with Gasteiger partial charge in [-0.3, -0.25) is 14.4 Å². The van der Waals surface area contributed by atoms with Gasteiger partial charge < -0.3 is 25.4 Å². The van der Waals surface area contributed by atoms with Crippen molar-refractivity contribution in [3.05, 3.63) is 96.1 Å². The van der Waals surface area contributed by atoms with E-state index < -0.39 is 47.6 Å². The predicted molar refractivity (Wildman–Crippen MR) is 164 cm³/mol. The number of nitrogens with zero attached hydrogens (tertiary/aromatic N) is 4. The van der Waals surface area contributed by atoms with E-state index in [0.717, 1.165) is 11.1 Å². The molecular weight excluding hydrogens is 572 g/mol. The van der Waals surface area contributed by atoms with Crippen LogP contribution in [-0.2, 0) is 32.3 Å². The number of fused-ring (bicyclic) bond motifs is 2. The van der Waals surface area contributed by atoms with E-state index in [0.29, 0.717) is 36.9 Å². The molecule has 0 aliphatic carbocycles. The minimum absolute atomic E-state index is 0.0215. The second-order valence-electron chi connectivity index (χ2n) is 12.2. The number of aliphatic hydroxyl groups excluding tert-OH is 1. The van der Waals surface area contributed by atoms with Crippen molar-refractivity contribution in [2.24, 2.45) is 11.8 Å². The first-order valence-electron chi connectivity index (χ1n) is 15.5. The Labute approximate surface area is 260 Å². The molecular formula is C34H36N6O5. The van der Waals surface area contributed by atoms with Crippen molar-refractivity contribution in [3.63, 3.8) is 0 Å². The van der Waals surface area contributed by atoms with Gasteiger partial charge in [0.05, 0.1) is 35.6 Å². The lowest BCUT2D eigenvalue weighted by Crippen LogP contribution is -2.56. The topological polar surface area (TPSA) is 139 Å². The summed E-state index contributed by atoms with van der Waals surface area (Å²) in [6.07, 6.45) is 1.49. The number of aliphatic hydroxyl groups is 1. The number of aromatic nitrogens is 3. The maximum absolute atomic E-state index is 14.7. The van der Waals surface area contributed by atoms with Crippen molar-refractivity contribution < 1.29 is 24.2 Å². The predicted octanol–water partition coefficient (Wildman–Crippen LogP) is 2.71. The van der Waals surface area contributed by atoms with Gasteiger partial charge in [0, 0.05) is 6.54 Å². The molecule has 3 amide bonds. The molecule has 4 aromatic rings. The van der Waals surface area contributed by atoms with Crippen molar-refractivity contribution in [1.82, 2.24) is 30.5 Å². The van der Waals surface area contributed by atoms with Gasteiger partial charge in [-0.25, -0.2) is 4.68 Å². The number of carbonyl (C=O) groups excluding carboxylic acids is 3. The molecule has 0 saturated carbocycles. The number of hydrogen-bond acceptors (Lipinski definition) is 7. The molecule has 11 heteroatoms. The molecule has 11 nitrogen and oxygen atoms in total.